The van der Waals surface area contributed by atoms with Crippen molar-refractivity contribution in [2.75, 3.05) is 11.4 Å². The minimum atomic E-state index is 0. The number of anilines is 1. The highest BCUT2D eigenvalue weighted by molar-refractivity contribution is 7.26. The first-order chi connectivity index (χ1) is 14.0. The Labute approximate surface area is 197 Å². The predicted octanol–water partition coefficient (Wildman–Crippen LogP) is 4.84. The summed E-state index contributed by atoms with van der Waals surface area (Å²) in [5.41, 5.74) is 3.99. The van der Waals surface area contributed by atoms with Gasteiger partial charge in [0.1, 0.15) is 23.0 Å². The number of rotatable bonds is 3. The molecule has 0 unspecified atom stereocenters. The maximum atomic E-state index is 6.24. The second-order valence-corrected chi connectivity index (χ2v) is 8.68. The van der Waals surface area contributed by atoms with Gasteiger partial charge in [0, 0.05) is 35.8 Å². The van der Waals surface area contributed by atoms with Crippen LogP contribution in [0.5, 0.6) is 5.75 Å². The molecule has 4 aromatic rings. The molecule has 1 fully saturated rings. The van der Waals surface area contributed by atoms with Crippen LogP contribution < -0.4 is 9.64 Å². The lowest BCUT2D eigenvalue weighted by atomic mass is 10.1. The molecule has 2 atom stereocenters. The van der Waals surface area contributed by atoms with E-state index in [1.165, 1.54) is 0 Å². The second-order valence-electron chi connectivity index (χ2n) is 7.68. The SMILES string of the molecule is Cc1cc(O[C@H]2C[C@@H](C)N(c3ncnc4c3sc3nnc(C)c(C)c34)C2)ccn1.Cl.Cl. The van der Waals surface area contributed by atoms with Gasteiger partial charge in [-0.15, -0.1) is 41.2 Å². The first kappa shape index (κ1) is 23.4. The topological polar surface area (TPSA) is 76.9 Å². The van der Waals surface area contributed by atoms with Gasteiger partial charge in [0.05, 0.1) is 22.5 Å². The monoisotopic (exact) mass is 478 g/mol. The number of ether oxygens (including phenoxy) is 1. The highest BCUT2D eigenvalue weighted by Crippen LogP contribution is 2.39. The molecule has 10 heteroatoms. The van der Waals surface area contributed by atoms with Crippen molar-refractivity contribution in [2.24, 2.45) is 0 Å². The van der Waals surface area contributed by atoms with Gasteiger partial charge in [-0.05, 0) is 39.3 Å². The summed E-state index contributed by atoms with van der Waals surface area (Å²) in [6.45, 7) is 9.05. The van der Waals surface area contributed by atoms with Gasteiger partial charge in [-0.3, -0.25) is 4.98 Å². The molecular formula is C21H24Cl2N6OS. The quantitative estimate of drug-likeness (QED) is 0.416. The van der Waals surface area contributed by atoms with Crippen LogP contribution in [0, 0.1) is 20.8 Å². The minimum absolute atomic E-state index is 0. The lowest BCUT2D eigenvalue weighted by molar-refractivity contribution is 0.221. The van der Waals surface area contributed by atoms with E-state index < -0.39 is 0 Å². The standard InChI is InChI=1S/C21H22N6OS.2ClH/c1-11-7-15(5-6-22-11)28-16-8-12(2)27(9-16)20-19-18(23-10-24-20)17-13(3)14(4)25-26-21(17)29-19;;/h5-7,10,12,16H,8-9H2,1-4H3;2*1H/t12-,16+;;/m1../s1. The van der Waals surface area contributed by atoms with Crippen LogP contribution in [0.2, 0.25) is 0 Å². The highest BCUT2D eigenvalue weighted by atomic mass is 35.5. The fourth-order valence-corrected chi connectivity index (χ4v) is 5.16. The molecule has 0 spiro atoms. The lowest BCUT2D eigenvalue weighted by Gasteiger charge is -2.22. The maximum Gasteiger partial charge on any atom is 0.150 e. The van der Waals surface area contributed by atoms with E-state index >= 15 is 0 Å². The van der Waals surface area contributed by atoms with E-state index in [0.29, 0.717) is 6.04 Å². The number of hydrogen-bond donors (Lipinski definition) is 0. The number of halogens is 2. The zero-order valence-electron chi connectivity index (χ0n) is 17.7. The summed E-state index contributed by atoms with van der Waals surface area (Å²) >= 11 is 1.62. The van der Waals surface area contributed by atoms with Crippen molar-refractivity contribution in [1.29, 1.82) is 0 Å². The van der Waals surface area contributed by atoms with Gasteiger partial charge < -0.3 is 9.64 Å². The lowest BCUT2D eigenvalue weighted by Crippen LogP contribution is -2.29. The predicted molar refractivity (Wildman–Crippen MR) is 129 cm³/mol. The van der Waals surface area contributed by atoms with Crippen molar-refractivity contribution in [1.82, 2.24) is 25.1 Å². The molecule has 5 rings (SSSR count). The highest BCUT2D eigenvalue weighted by Gasteiger charge is 2.33. The third-order valence-corrected chi connectivity index (χ3v) is 6.68. The Morgan fingerprint density at radius 2 is 1.90 bits per heavy atom. The number of hydrogen-bond acceptors (Lipinski definition) is 8. The molecule has 0 saturated carbocycles. The molecule has 0 bridgehead atoms. The summed E-state index contributed by atoms with van der Waals surface area (Å²) < 4.78 is 7.31. The number of nitrogens with zero attached hydrogens (tertiary/aromatic N) is 6. The third-order valence-electron chi connectivity index (χ3n) is 5.62. The van der Waals surface area contributed by atoms with E-state index in [2.05, 4.69) is 43.9 Å². The Morgan fingerprint density at radius 3 is 2.68 bits per heavy atom. The fraction of sp³-hybridized carbons (Fsp3) is 0.381. The van der Waals surface area contributed by atoms with Crippen LogP contribution in [0.25, 0.3) is 20.4 Å². The summed E-state index contributed by atoms with van der Waals surface area (Å²) in [5.74, 6) is 1.83. The van der Waals surface area contributed by atoms with Crippen LogP contribution in [0.15, 0.2) is 24.7 Å². The summed E-state index contributed by atoms with van der Waals surface area (Å²) in [7, 11) is 0. The Morgan fingerprint density at radius 1 is 1.10 bits per heavy atom. The number of aryl methyl sites for hydroxylation is 3. The minimum Gasteiger partial charge on any atom is -0.488 e. The average Bonchev–Trinajstić information content (AvgIpc) is 3.25. The molecular weight excluding hydrogens is 455 g/mol. The van der Waals surface area contributed by atoms with Crippen molar-refractivity contribution in [3.05, 3.63) is 41.6 Å². The molecule has 31 heavy (non-hydrogen) atoms. The van der Waals surface area contributed by atoms with Crippen molar-refractivity contribution >= 4 is 62.4 Å². The van der Waals surface area contributed by atoms with Gasteiger partial charge in [0.15, 0.2) is 5.82 Å². The zero-order valence-corrected chi connectivity index (χ0v) is 20.1. The maximum absolute atomic E-state index is 6.24. The molecule has 0 aliphatic carbocycles. The summed E-state index contributed by atoms with van der Waals surface area (Å²) in [4.78, 5) is 16.7. The van der Waals surface area contributed by atoms with E-state index in [-0.39, 0.29) is 30.9 Å². The van der Waals surface area contributed by atoms with E-state index in [1.54, 1.807) is 23.9 Å². The van der Waals surface area contributed by atoms with Gasteiger partial charge in [-0.2, -0.15) is 5.10 Å². The van der Waals surface area contributed by atoms with Crippen LogP contribution >= 0.6 is 36.2 Å². The summed E-state index contributed by atoms with van der Waals surface area (Å²) in [6, 6.07) is 4.21. The van der Waals surface area contributed by atoms with Crippen LogP contribution in [-0.2, 0) is 0 Å². The van der Waals surface area contributed by atoms with Crippen molar-refractivity contribution in [3.63, 3.8) is 0 Å². The third kappa shape index (κ3) is 4.12. The number of thiophene rings is 1. The van der Waals surface area contributed by atoms with E-state index in [1.807, 2.05) is 26.0 Å². The molecule has 1 aliphatic rings. The molecule has 0 aromatic carbocycles. The van der Waals surface area contributed by atoms with Gasteiger partial charge in [-0.1, -0.05) is 0 Å². The van der Waals surface area contributed by atoms with Gasteiger partial charge in [0.2, 0.25) is 0 Å². The molecule has 0 amide bonds. The van der Waals surface area contributed by atoms with Gasteiger partial charge in [-0.25, -0.2) is 9.97 Å². The Bertz CT molecular complexity index is 1230. The Balaban J connectivity index is 0.00000136. The molecule has 0 radical (unpaired) electrons. The summed E-state index contributed by atoms with van der Waals surface area (Å²) in [6.07, 6.45) is 4.49. The van der Waals surface area contributed by atoms with Crippen LogP contribution in [0.1, 0.15) is 30.3 Å². The normalized spacial score (nSPS) is 18.1. The number of fused-ring (bicyclic) bond motifs is 3. The first-order valence-corrected chi connectivity index (χ1v) is 10.6. The molecule has 7 nitrogen and oxygen atoms in total. The second kappa shape index (κ2) is 9.06. The van der Waals surface area contributed by atoms with E-state index in [0.717, 1.165) is 61.9 Å². The first-order valence-electron chi connectivity index (χ1n) is 9.74. The molecule has 5 heterocycles. The largest absolute Gasteiger partial charge is 0.488 e. The van der Waals surface area contributed by atoms with Crippen molar-refractivity contribution < 1.29 is 4.74 Å². The summed E-state index contributed by atoms with van der Waals surface area (Å²) in [5, 5.41) is 9.77. The van der Waals surface area contributed by atoms with Crippen molar-refractivity contribution in [3.8, 4) is 5.75 Å². The number of aromatic nitrogens is 5. The van der Waals surface area contributed by atoms with E-state index in [4.69, 9.17) is 4.74 Å². The molecule has 1 aliphatic heterocycles. The van der Waals surface area contributed by atoms with E-state index in [9.17, 15) is 0 Å². The number of pyridine rings is 1. The van der Waals surface area contributed by atoms with Gasteiger partial charge in [0.25, 0.3) is 0 Å². The Hall–Kier alpha value is -2.29. The van der Waals surface area contributed by atoms with Gasteiger partial charge >= 0.3 is 0 Å². The van der Waals surface area contributed by atoms with Crippen LogP contribution in [0.4, 0.5) is 5.82 Å². The average molecular weight is 479 g/mol. The molecule has 1 saturated heterocycles. The molecule has 4 aromatic heterocycles. The van der Waals surface area contributed by atoms with Crippen LogP contribution in [-0.4, -0.2) is 43.8 Å². The zero-order chi connectivity index (χ0) is 20.1. The smallest absolute Gasteiger partial charge is 0.150 e. The molecule has 0 N–H and O–H groups in total. The van der Waals surface area contributed by atoms with Crippen LogP contribution in [0.3, 0.4) is 0 Å². The molecule has 164 valence electrons. The Kier molecular flexibility index (Phi) is 6.83. The fourth-order valence-electron chi connectivity index (χ4n) is 4.02. The van der Waals surface area contributed by atoms with Crippen molar-refractivity contribution in [2.45, 2.75) is 46.3 Å².